The highest BCUT2D eigenvalue weighted by Gasteiger charge is 2.15. The van der Waals surface area contributed by atoms with Crippen LogP contribution in [0.15, 0.2) is 65.8 Å². The normalized spacial score (nSPS) is 10.8. The molecule has 10 heteroatoms. The number of hydrogen-bond acceptors (Lipinski definition) is 7. The number of nitrogens with one attached hydrogen (secondary N) is 2. The molecule has 0 saturated carbocycles. The molecule has 0 saturated heterocycles. The number of hydrogen-bond donors (Lipinski definition) is 2. The van der Waals surface area contributed by atoms with Crippen molar-refractivity contribution in [2.24, 2.45) is 0 Å². The van der Waals surface area contributed by atoms with Crippen molar-refractivity contribution in [2.45, 2.75) is 19.9 Å². The van der Waals surface area contributed by atoms with Crippen molar-refractivity contribution < 1.29 is 14.0 Å². The molecule has 2 amide bonds. The summed E-state index contributed by atoms with van der Waals surface area (Å²) in [5.74, 6) is 0.369. The molecular formula is C21H19N7O3. The average Bonchev–Trinajstić information content (AvgIpc) is 3.46. The molecule has 0 aliphatic rings. The highest BCUT2D eigenvalue weighted by Crippen LogP contribution is 2.20. The molecule has 0 spiro atoms. The van der Waals surface area contributed by atoms with Crippen molar-refractivity contribution in [2.75, 3.05) is 10.6 Å². The van der Waals surface area contributed by atoms with Gasteiger partial charge in [0.2, 0.25) is 5.88 Å². The molecule has 4 aromatic rings. The summed E-state index contributed by atoms with van der Waals surface area (Å²) in [5, 5.41) is 13.4. The smallest absolute Gasteiger partial charge is 0.258 e. The standard InChI is InChI=1S/C21H19N7O3/c1-13(2)28-11-23-27-19(28)16-7-4-8-17(24-16)25-20(29)14-5-3-6-15(9-14)21(30)26-18-10-22-12-31-18/h3-13H,1-2H3,(H,26,30)(H,24,25,29). The van der Waals surface area contributed by atoms with Gasteiger partial charge in [-0.1, -0.05) is 12.1 Å². The number of oxazole rings is 1. The Bertz CT molecular complexity index is 1220. The van der Waals surface area contributed by atoms with E-state index in [9.17, 15) is 9.59 Å². The van der Waals surface area contributed by atoms with Crippen LogP contribution in [0.2, 0.25) is 0 Å². The lowest BCUT2D eigenvalue weighted by Crippen LogP contribution is -2.16. The molecule has 0 atom stereocenters. The first-order valence-corrected chi connectivity index (χ1v) is 9.49. The van der Waals surface area contributed by atoms with E-state index in [0.29, 0.717) is 28.5 Å². The van der Waals surface area contributed by atoms with E-state index in [1.54, 1.807) is 42.7 Å². The van der Waals surface area contributed by atoms with E-state index in [2.05, 4.69) is 30.8 Å². The van der Waals surface area contributed by atoms with Crippen molar-refractivity contribution in [3.8, 4) is 11.5 Å². The summed E-state index contributed by atoms with van der Waals surface area (Å²) in [7, 11) is 0. The second-order valence-electron chi connectivity index (χ2n) is 6.92. The van der Waals surface area contributed by atoms with Gasteiger partial charge in [0, 0.05) is 17.2 Å². The number of anilines is 2. The van der Waals surface area contributed by atoms with E-state index in [-0.39, 0.29) is 11.9 Å². The van der Waals surface area contributed by atoms with Crippen LogP contribution < -0.4 is 10.6 Å². The second kappa shape index (κ2) is 8.57. The van der Waals surface area contributed by atoms with Gasteiger partial charge in [0.1, 0.15) is 17.8 Å². The molecule has 0 aliphatic carbocycles. The molecular weight excluding hydrogens is 398 g/mol. The Kier molecular flexibility index (Phi) is 5.52. The van der Waals surface area contributed by atoms with Gasteiger partial charge in [-0.15, -0.1) is 10.2 Å². The van der Waals surface area contributed by atoms with Crippen LogP contribution in [0.25, 0.3) is 11.5 Å². The van der Waals surface area contributed by atoms with Crippen LogP contribution in [0.5, 0.6) is 0 Å². The summed E-state index contributed by atoms with van der Waals surface area (Å²) in [6.45, 7) is 4.04. The fourth-order valence-corrected chi connectivity index (χ4v) is 2.88. The number of carbonyl (C=O) groups is 2. The summed E-state index contributed by atoms with van der Waals surface area (Å²) < 4.78 is 6.90. The van der Waals surface area contributed by atoms with Crippen molar-refractivity contribution >= 4 is 23.5 Å². The highest BCUT2D eigenvalue weighted by molar-refractivity contribution is 6.08. The summed E-state index contributed by atoms with van der Waals surface area (Å²) >= 11 is 0. The first kappa shape index (κ1) is 20.0. The van der Waals surface area contributed by atoms with Gasteiger partial charge in [0.15, 0.2) is 12.2 Å². The Morgan fingerprint density at radius 1 is 1.03 bits per heavy atom. The molecule has 0 bridgehead atoms. The van der Waals surface area contributed by atoms with E-state index >= 15 is 0 Å². The molecule has 156 valence electrons. The zero-order chi connectivity index (χ0) is 21.8. The van der Waals surface area contributed by atoms with Crippen LogP contribution in [0.4, 0.5) is 11.7 Å². The van der Waals surface area contributed by atoms with Crippen LogP contribution >= 0.6 is 0 Å². The molecule has 4 rings (SSSR count). The second-order valence-corrected chi connectivity index (χ2v) is 6.92. The van der Waals surface area contributed by atoms with Gasteiger partial charge in [0.05, 0.1) is 6.20 Å². The minimum absolute atomic E-state index is 0.163. The maximum Gasteiger partial charge on any atom is 0.258 e. The maximum atomic E-state index is 12.7. The Balaban J connectivity index is 1.51. The largest absolute Gasteiger partial charge is 0.428 e. The molecule has 0 unspecified atom stereocenters. The first-order valence-electron chi connectivity index (χ1n) is 9.49. The lowest BCUT2D eigenvalue weighted by Gasteiger charge is -2.11. The number of nitrogens with zero attached hydrogens (tertiary/aromatic N) is 5. The Labute approximate surface area is 177 Å². The van der Waals surface area contributed by atoms with E-state index < -0.39 is 11.8 Å². The van der Waals surface area contributed by atoms with E-state index in [0.717, 1.165) is 0 Å². The maximum absolute atomic E-state index is 12.7. The van der Waals surface area contributed by atoms with Crippen LogP contribution in [-0.2, 0) is 0 Å². The number of carbonyl (C=O) groups excluding carboxylic acids is 2. The number of rotatable bonds is 6. The number of pyridine rings is 1. The predicted molar refractivity (Wildman–Crippen MR) is 112 cm³/mol. The molecule has 0 fully saturated rings. The van der Waals surface area contributed by atoms with Gasteiger partial charge in [-0.3, -0.25) is 14.9 Å². The summed E-state index contributed by atoms with van der Waals surface area (Å²) in [6.07, 6.45) is 4.24. The van der Waals surface area contributed by atoms with Gasteiger partial charge in [-0.2, -0.15) is 0 Å². The van der Waals surface area contributed by atoms with Crippen molar-refractivity contribution in [1.29, 1.82) is 0 Å². The topological polar surface area (TPSA) is 128 Å². The SMILES string of the molecule is CC(C)n1cnnc1-c1cccc(NC(=O)c2cccc(C(=O)Nc3cnco3)c2)n1. The fourth-order valence-electron chi connectivity index (χ4n) is 2.88. The Hall–Kier alpha value is -4.34. The lowest BCUT2D eigenvalue weighted by atomic mass is 10.1. The predicted octanol–water partition coefficient (Wildman–Crippen LogP) is 3.41. The third-order valence-electron chi connectivity index (χ3n) is 4.41. The molecule has 2 N–H and O–H groups in total. The van der Waals surface area contributed by atoms with Gasteiger partial charge in [0.25, 0.3) is 11.8 Å². The van der Waals surface area contributed by atoms with Crippen molar-refractivity contribution in [3.05, 3.63) is 72.5 Å². The number of benzene rings is 1. The monoisotopic (exact) mass is 417 g/mol. The first-order chi connectivity index (χ1) is 15.0. The summed E-state index contributed by atoms with van der Waals surface area (Å²) in [4.78, 5) is 33.3. The molecule has 1 aromatic carbocycles. The van der Waals surface area contributed by atoms with Crippen LogP contribution in [0.1, 0.15) is 40.6 Å². The quantitative estimate of drug-likeness (QED) is 0.492. The Morgan fingerprint density at radius 3 is 2.48 bits per heavy atom. The van der Waals surface area contributed by atoms with Crippen LogP contribution in [0.3, 0.4) is 0 Å². The molecule has 3 heterocycles. The molecule has 3 aromatic heterocycles. The average molecular weight is 417 g/mol. The Morgan fingerprint density at radius 2 is 1.77 bits per heavy atom. The number of aromatic nitrogens is 5. The van der Waals surface area contributed by atoms with Crippen LogP contribution in [0, 0.1) is 0 Å². The summed E-state index contributed by atoms with van der Waals surface area (Å²) in [6, 6.07) is 11.7. The van der Waals surface area contributed by atoms with Gasteiger partial charge in [-0.05, 0) is 44.2 Å². The number of amides is 2. The molecule has 0 radical (unpaired) electrons. The van der Waals surface area contributed by atoms with E-state index in [1.165, 1.54) is 18.7 Å². The van der Waals surface area contributed by atoms with Gasteiger partial charge < -0.3 is 14.3 Å². The van der Waals surface area contributed by atoms with Crippen LogP contribution in [-0.4, -0.2) is 36.5 Å². The zero-order valence-corrected chi connectivity index (χ0v) is 16.8. The fraction of sp³-hybridized carbons (Fsp3) is 0.143. The zero-order valence-electron chi connectivity index (χ0n) is 16.8. The molecule has 31 heavy (non-hydrogen) atoms. The van der Waals surface area contributed by atoms with Gasteiger partial charge in [-0.25, -0.2) is 9.97 Å². The highest BCUT2D eigenvalue weighted by atomic mass is 16.4. The summed E-state index contributed by atoms with van der Waals surface area (Å²) in [5.41, 5.74) is 1.20. The van der Waals surface area contributed by atoms with Gasteiger partial charge >= 0.3 is 0 Å². The third-order valence-corrected chi connectivity index (χ3v) is 4.41. The van der Waals surface area contributed by atoms with E-state index in [4.69, 9.17) is 4.42 Å². The van der Waals surface area contributed by atoms with E-state index in [1.807, 2.05) is 18.4 Å². The third kappa shape index (κ3) is 4.47. The minimum atomic E-state index is -0.417. The van der Waals surface area contributed by atoms with Crippen molar-refractivity contribution in [3.63, 3.8) is 0 Å². The lowest BCUT2D eigenvalue weighted by molar-refractivity contribution is 0.102. The minimum Gasteiger partial charge on any atom is -0.428 e. The molecule has 10 nitrogen and oxygen atoms in total. The van der Waals surface area contributed by atoms with Crippen molar-refractivity contribution in [1.82, 2.24) is 24.7 Å². The molecule has 0 aliphatic heterocycles.